The van der Waals surface area contributed by atoms with Crippen LogP contribution in [0.25, 0.3) is 0 Å². The summed E-state index contributed by atoms with van der Waals surface area (Å²) in [6.07, 6.45) is 2.62. The molecule has 0 saturated heterocycles. The van der Waals surface area contributed by atoms with Crippen molar-refractivity contribution in [2.45, 2.75) is 26.7 Å². The summed E-state index contributed by atoms with van der Waals surface area (Å²) >= 11 is 0. The van der Waals surface area contributed by atoms with Gasteiger partial charge in [0.05, 0.1) is 6.61 Å². The van der Waals surface area contributed by atoms with Gasteiger partial charge in [0.2, 0.25) is 5.91 Å². The van der Waals surface area contributed by atoms with Gasteiger partial charge < -0.3 is 20.3 Å². The Balaban J connectivity index is 2.29. The molecule has 0 aromatic carbocycles. The smallest absolute Gasteiger partial charge is 0.241 e. The first kappa shape index (κ1) is 16.8. The molecule has 1 rings (SSSR count). The fourth-order valence-corrected chi connectivity index (χ4v) is 1.71. The molecule has 0 atom stereocenters. The van der Waals surface area contributed by atoms with Crippen LogP contribution in [0.2, 0.25) is 0 Å². The highest BCUT2D eigenvalue weighted by molar-refractivity contribution is 5.84. The van der Waals surface area contributed by atoms with E-state index in [1.54, 1.807) is 0 Å². The number of likely N-dealkylation sites (N-methyl/N-ethyl adjacent to an activating group) is 2. The van der Waals surface area contributed by atoms with Gasteiger partial charge in [-0.25, -0.2) is 4.99 Å². The Labute approximate surface area is 122 Å². The Morgan fingerprint density at radius 2 is 2.00 bits per heavy atom. The van der Waals surface area contributed by atoms with Crippen molar-refractivity contribution >= 4 is 11.9 Å². The van der Waals surface area contributed by atoms with E-state index in [9.17, 15) is 4.79 Å². The molecule has 0 unspecified atom stereocenters. The van der Waals surface area contributed by atoms with Crippen LogP contribution in [0, 0.1) is 5.92 Å². The Bertz CT molecular complexity index is 316. The average Bonchev–Trinajstić information content (AvgIpc) is 3.23. The summed E-state index contributed by atoms with van der Waals surface area (Å²) in [6.45, 7) is 7.82. The molecule has 1 amide bonds. The summed E-state index contributed by atoms with van der Waals surface area (Å²) in [5, 5.41) is 5.92. The largest absolute Gasteiger partial charge is 0.379 e. The first-order valence-corrected chi connectivity index (χ1v) is 7.51. The fraction of sp³-hybridized carbons (Fsp3) is 0.857. The van der Waals surface area contributed by atoms with Gasteiger partial charge in [-0.1, -0.05) is 0 Å². The van der Waals surface area contributed by atoms with Crippen molar-refractivity contribution < 1.29 is 9.53 Å². The molecule has 0 aromatic rings. The molecule has 20 heavy (non-hydrogen) atoms. The molecule has 2 N–H and O–H groups in total. The van der Waals surface area contributed by atoms with E-state index in [2.05, 4.69) is 15.6 Å². The third-order valence-corrected chi connectivity index (χ3v) is 3.06. The van der Waals surface area contributed by atoms with Gasteiger partial charge in [0.1, 0.15) is 6.54 Å². The molecule has 116 valence electrons. The van der Waals surface area contributed by atoms with E-state index >= 15 is 0 Å². The molecule has 0 bridgehead atoms. The number of amides is 1. The van der Waals surface area contributed by atoms with Gasteiger partial charge in [-0.15, -0.1) is 0 Å². The van der Waals surface area contributed by atoms with Crippen molar-refractivity contribution in [3.63, 3.8) is 0 Å². The van der Waals surface area contributed by atoms with Gasteiger partial charge in [0, 0.05) is 33.3 Å². The highest BCUT2D eigenvalue weighted by atomic mass is 16.5. The Hall–Kier alpha value is -1.30. The van der Waals surface area contributed by atoms with Crippen LogP contribution in [0.4, 0.5) is 0 Å². The molecule has 6 nitrogen and oxygen atoms in total. The zero-order valence-corrected chi connectivity index (χ0v) is 12.9. The summed E-state index contributed by atoms with van der Waals surface area (Å²) in [4.78, 5) is 17.7. The first-order valence-electron chi connectivity index (χ1n) is 7.51. The Morgan fingerprint density at radius 1 is 1.30 bits per heavy atom. The zero-order valence-electron chi connectivity index (χ0n) is 12.9. The van der Waals surface area contributed by atoms with Gasteiger partial charge in [-0.05, 0) is 32.6 Å². The number of carbonyl (C=O) groups excluding carboxylic acids is 1. The standard InChI is InChI=1S/C14H28N4O2/c1-4-15-13(19)10-17-14(16-5-2)18(3)8-9-20-11-12-6-7-12/h12H,4-11H2,1-3H3,(H,15,19)(H,16,17). The second kappa shape index (κ2) is 9.58. The minimum atomic E-state index is -0.0544. The van der Waals surface area contributed by atoms with Crippen LogP contribution in [-0.2, 0) is 9.53 Å². The molecule has 1 saturated carbocycles. The summed E-state index contributed by atoms with van der Waals surface area (Å²) in [5.74, 6) is 1.48. The summed E-state index contributed by atoms with van der Waals surface area (Å²) < 4.78 is 5.62. The summed E-state index contributed by atoms with van der Waals surface area (Å²) in [5.41, 5.74) is 0. The van der Waals surface area contributed by atoms with Crippen LogP contribution in [0.1, 0.15) is 26.7 Å². The molecule has 1 fully saturated rings. The van der Waals surface area contributed by atoms with Gasteiger partial charge in [-0.3, -0.25) is 4.79 Å². The van der Waals surface area contributed by atoms with Crippen molar-refractivity contribution in [3.05, 3.63) is 0 Å². The van der Waals surface area contributed by atoms with Crippen molar-refractivity contribution in [2.24, 2.45) is 10.9 Å². The minimum Gasteiger partial charge on any atom is -0.379 e. The van der Waals surface area contributed by atoms with Gasteiger partial charge in [0.25, 0.3) is 0 Å². The van der Waals surface area contributed by atoms with Crippen molar-refractivity contribution in [1.29, 1.82) is 0 Å². The Kier molecular flexibility index (Phi) is 8.02. The maximum Gasteiger partial charge on any atom is 0.241 e. The van der Waals surface area contributed by atoms with Crippen molar-refractivity contribution in [2.75, 3.05) is 46.4 Å². The van der Waals surface area contributed by atoms with E-state index in [1.807, 2.05) is 25.8 Å². The fourth-order valence-electron chi connectivity index (χ4n) is 1.71. The third-order valence-electron chi connectivity index (χ3n) is 3.06. The van der Waals surface area contributed by atoms with Gasteiger partial charge >= 0.3 is 0 Å². The lowest BCUT2D eigenvalue weighted by Crippen LogP contribution is -2.41. The molecule has 1 aliphatic carbocycles. The van der Waals surface area contributed by atoms with Crippen LogP contribution in [0.5, 0.6) is 0 Å². The predicted octanol–water partition coefficient (Wildman–Crippen LogP) is 0.446. The quantitative estimate of drug-likeness (QED) is 0.366. The van der Waals surface area contributed by atoms with Crippen LogP contribution in [0.15, 0.2) is 4.99 Å². The van der Waals surface area contributed by atoms with E-state index in [-0.39, 0.29) is 12.5 Å². The molecule has 0 aromatic heterocycles. The molecular formula is C14H28N4O2. The van der Waals surface area contributed by atoms with Crippen LogP contribution >= 0.6 is 0 Å². The maximum atomic E-state index is 11.4. The highest BCUT2D eigenvalue weighted by Gasteiger charge is 2.21. The number of hydrogen-bond acceptors (Lipinski definition) is 3. The number of nitrogens with one attached hydrogen (secondary N) is 2. The Morgan fingerprint density at radius 3 is 2.60 bits per heavy atom. The van der Waals surface area contributed by atoms with Gasteiger partial charge in [0.15, 0.2) is 5.96 Å². The maximum absolute atomic E-state index is 11.4. The highest BCUT2D eigenvalue weighted by Crippen LogP contribution is 2.28. The van der Waals surface area contributed by atoms with Crippen molar-refractivity contribution in [1.82, 2.24) is 15.5 Å². The third kappa shape index (κ3) is 7.33. The normalized spacial score (nSPS) is 15.1. The van der Waals surface area contributed by atoms with Gasteiger partial charge in [-0.2, -0.15) is 0 Å². The lowest BCUT2D eigenvalue weighted by Gasteiger charge is -2.21. The number of rotatable bonds is 9. The SMILES string of the molecule is CCNC(=O)CN=C(NCC)N(C)CCOCC1CC1. The van der Waals surface area contributed by atoms with Crippen LogP contribution in [0.3, 0.4) is 0 Å². The number of aliphatic imine (C=N–C) groups is 1. The monoisotopic (exact) mass is 284 g/mol. The summed E-state index contributed by atoms with van der Waals surface area (Å²) in [6, 6.07) is 0. The molecule has 0 spiro atoms. The molecule has 1 aliphatic rings. The van der Waals surface area contributed by atoms with E-state index < -0.39 is 0 Å². The van der Waals surface area contributed by atoms with Crippen LogP contribution < -0.4 is 10.6 Å². The number of carbonyl (C=O) groups is 1. The van der Waals surface area contributed by atoms with E-state index in [1.165, 1.54) is 12.8 Å². The second-order valence-corrected chi connectivity index (χ2v) is 5.06. The van der Waals surface area contributed by atoms with E-state index in [4.69, 9.17) is 4.74 Å². The van der Waals surface area contributed by atoms with Crippen molar-refractivity contribution in [3.8, 4) is 0 Å². The lowest BCUT2D eigenvalue weighted by molar-refractivity contribution is -0.119. The zero-order chi connectivity index (χ0) is 14.8. The lowest BCUT2D eigenvalue weighted by atomic mass is 10.5. The van der Waals surface area contributed by atoms with Crippen LogP contribution in [-0.4, -0.2) is 63.2 Å². The first-order chi connectivity index (χ1) is 9.67. The predicted molar refractivity (Wildman–Crippen MR) is 80.8 cm³/mol. The molecule has 0 radical (unpaired) electrons. The summed E-state index contributed by atoms with van der Waals surface area (Å²) in [7, 11) is 1.96. The number of guanidine groups is 1. The molecular weight excluding hydrogens is 256 g/mol. The molecule has 6 heteroatoms. The molecule has 0 aliphatic heterocycles. The number of nitrogens with zero attached hydrogens (tertiary/aromatic N) is 2. The number of hydrogen-bond donors (Lipinski definition) is 2. The topological polar surface area (TPSA) is 66.0 Å². The molecule has 0 heterocycles. The van der Waals surface area contributed by atoms with E-state index in [0.29, 0.717) is 13.2 Å². The average molecular weight is 284 g/mol. The number of ether oxygens (including phenoxy) is 1. The minimum absolute atomic E-state index is 0.0544. The second-order valence-electron chi connectivity index (χ2n) is 5.06. The van der Waals surface area contributed by atoms with E-state index in [0.717, 1.165) is 31.6 Å².